The molecule has 0 saturated carbocycles. The van der Waals surface area contributed by atoms with Crippen molar-refractivity contribution in [2.24, 2.45) is 0 Å². The Bertz CT molecular complexity index is 465. The fourth-order valence-corrected chi connectivity index (χ4v) is 1.65. The summed E-state index contributed by atoms with van der Waals surface area (Å²) >= 11 is 0. The lowest BCUT2D eigenvalue weighted by atomic mass is 10.2. The third-order valence-corrected chi connectivity index (χ3v) is 3.02. The van der Waals surface area contributed by atoms with Crippen molar-refractivity contribution in [3.05, 3.63) is 29.8 Å². The minimum atomic E-state index is -0.0588. The van der Waals surface area contributed by atoms with Gasteiger partial charge >= 0.3 is 0 Å². The molecule has 1 atom stereocenters. The Kier molecular flexibility index (Phi) is 5.87. The van der Waals surface area contributed by atoms with E-state index < -0.39 is 0 Å². The molecule has 0 saturated heterocycles. The summed E-state index contributed by atoms with van der Waals surface area (Å²) in [4.78, 5) is 13.5. The summed E-state index contributed by atoms with van der Waals surface area (Å²) in [7, 11) is 1.72. The van der Waals surface area contributed by atoms with Crippen LogP contribution in [0, 0.1) is 18.3 Å². The normalized spacial score (nSPS) is 11.5. The largest absolute Gasteiger partial charge is 0.493 e. The fourth-order valence-electron chi connectivity index (χ4n) is 1.65. The van der Waals surface area contributed by atoms with Gasteiger partial charge in [0.25, 0.3) is 0 Å². The van der Waals surface area contributed by atoms with Gasteiger partial charge in [-0.2, -0.15) is 5.26 Å². The number of benzene rings is 1. The second kappa shape index (κ2) is 7.42. The number of carbonyl (C=O) groups is 1. The monoisotopic (exact) mass is 260 g/mol. The van der Waals surface area contributed by atoms with Gasteiger partial charge in [0, 0.05) is 13.1 Å². The first kappa shape index (κ1) is 15.0. The zero-order valence-electron chi connectivity index (χ0n) is 11.7. The number of hydrogen-bond acceptors (Lipinski definition) is 3. The lowest BCUT2D eigenvalue weighted by Crippen LogP contribution is -2.35. The van der Waals surface area contributed by atoms with Crippen LogP contribution in [0.25, 0.3) is 0 Å². The van der Waals surface area contributed by atoms with Crippen LogP contribution in [-0.4, -0.2) is 30.5 Å². The van der Waals surface area contributed by atoms with Crippen LogP contribution in [0.5, 0.6) is 5.75 Å². The van der Waals surface area contributed by atoms with Gasteiger partial charge < -0.3 is 9.64 Å². The van der Waals surface area contributed by atoms with E-state index in [9.17, 15) is 4.79 Å². The second-order valence-electron chi connectivity index (χ2n) is 4.63. The molecule has 0 N–H and O–H groups in total. The van der Waals surface area contributed by atoms with Gasteiger partial charge in [-0.05, 0) is 31.5 Å². The summed E-state index contributed by atoms with van der Waals surface area (Å²) in [5.74, 6) is 0.774. The molecule has 102 valence electrons. The van der Waals surface area contributed by atoms with Gasteiger partial charge in [-0.3, -0.25) is 4.79 Å². The maximum atomic E-state index is 11.9. The quantitative estimate of drug-likeness (QED) is 0.789. The predicted molar refractivity (Wildman–Crippen MR) is 73.8 cm³/mol. The highest BCUT2D eigenvalue weighted by molar-refractivity contribution is 5.76. The predicted octanol–water partition coefficient (Wildman–Crippen LogP) is 2.52. The van der Waals surface area contributed by atoms with Gasteiger partial charge in [0.05, 0.1) is 25.5 Å². The fraction of sp³-hybridized carbons (Fsp3) is 0.467. The lowest BCUT2D eigenvalue weighted by Gasteiger charge is -2.22. The molecular formula is C15H20N2O2. The number of rotatable bonds is 6. The van der Waals surface area contributed by atoms with E-state index >= 15 is 0 Å². The Hall–Kier alpha value is -2.02. The molecule has 4 heteroatoms. The van der Waals surface area contributed by atoms with Crippen LogP contribution in [0.15, 0.2) is 24.3 Å². The molecule has 0 aliphatic rings. The van der Waals surface area contributed by atoms with Crippen molar-refractivity contribution in [2.75, 3.05) is 13.7 Å². The van der Waals surface area contributed by atoms with Crippen LogP contribution in [0.4, 0.5) is 0 Å². The minimum Gasteiger partial charge on any atom is -0.493 e. The number of nitriles is 1. The molecule has 0 bridgehead atoms. The number of nitrogens with zero attached hydrogens (tertiary/aromatic N) is 2. The Morgan fingerprint density at radius 2 is 2.26 bits per heavy atom. The van der Waals surface area contributed by atoms with E-state index in [1.54, 1.807) is 11.9 Å². The number of hydrogen-bond donors (Lipinski definition) is 0. The lowest BCUT2D eigenvalue weighted by molar-refractivity contribution is -0.132. The molecule has 0 aliphatic heterocycles. The second-order valence-corrected chi connectivity index (χ2v) is 4.63. The summed E-state index contributed by atoms with van der Waals surface area (Å²) in [6.45, 7) is 4.21. The van der Waals surface area contributed by atoms with E-state index in [0.717, 1.165) is 11.3 Å². The molecule has 1 aromatic carbocycles. The zero-order chi connectivity index (χ0) is 14.3. The van der Waals surface area contributed by atoms with E-state index in [2.05, 4.69) is 6.07 Å². The number of carbonyl (C=O) groups excluding carboxylic acids is 1. The zero-order valence-corrected chi connectivity index (χ0v) is 11.7. The molecule has 0 heterocycles. The minimum absolute atomic E-state index is 0.00426. The van der Waals surface area contributed by atoms with Crippen LogP contribution >= 0.6 is 0 Å². The molecule has 0 radical (unpaired) electrons. The molecule has 0 fully saturated rings. The average molecular weight is 260 g/mol. The SMILES string of the molecule is Cc1cccc(OCCC(=O)N(C)C(C)CC#N)c1. The van der Waals surface area contributed by atoms with E-state index in [-0.39, 0.29) is 11.9 Å². The Balaban J connectivity index is 2.37. The van der Waals surface area contributed by atoms with Crippen molar-refractivity contribution >= 4 is 5.91 Å². The molecule has 0 aromatic heterocycles. The Labute approximate surface area is 114 Å². The summed E-state index contributed by atoms with van der Waals surface area (Å²) < 4.78 is 5.53. The van der Waals surface area contributed by atoms with Crippen molar-refractivity contribution in [1.29, 1.82) is 5.26 Å². The number of aryl methyl sites for hydroxylation is 1. The highest BCUT2D eigenvalue weighted by atomic mass is 16.5. The van der Waals surface area contributed by atoms with E-state index in [4.69, 9.17) is 10.00 Å². The third-order valence-electron chi connectivity index (χ3n) is 3.02. The molecule has 4 nitrogen and oxygen atoms in total. The highest BCUT2D eigenvalue weighted by Gasteiger charge is 2.15. The van der Waals surface area contributed by atoms with Crippen molar-refractivity contribution in [2.45, 2.75) is 32.7 Å². The van der Waals surface area contributed by atoms with Crippen molar-refractivity contribution in [3.63, 3.8) is 0 Å². The average Bonchev–Trinajstić information content (AvgIpc) is 2.38. The maximum absolute atomic E-state index is 11.9. The van der Waals surface area contributed by atoms with Gasteiger partial charge in [-0.1, -0.05) is 12.1 Å². The number of amides is 1. The summed E-state index contributed by atoms with van der Waals surface area (Å²) in [6.07, 6.45) is 0.668. The molecule has 0 spiro atoms. The van der Waals surface area contributed by atoms with Crippen LogP contribution in [0.1, 0.15) is 25.3 Å². The van der Waals surface area contributed by atoms with Crippen molar-refractivity contribution < 1.29 is 9.53 Å². The standard InChI is InChI=1S/C15H20N2O2/c1-12-5-4-6-14(11-12)19-10-8-15(18)17(3)13(2)7-9-16/h4-6,11,13H,7-8,10H2,1-3H3. The molecule has 0 aliphatic carbocycles. The molecule has 1 aromatic rings. The molecule has 1 rings (SSSR count). The van der Waals surface area contributed by atoms with E-state index in [1.165, 1.54) is 0 Å². The first-order valence-electron chi connectivity index (χ1n) is 6.36. The van der Waals surface area contributed by atoms with Gasteiger partial charge in [0.15, 0.2) is 0 Å². The highest BCUT2D eigenvalue weighted by Crippen LogP contribution is 2.12. The Morgan fingerprint density at radius 1 is 1.53 bits per heavy atom. The summed E-state index contributed by atoms with van der Waals surface area (Å²) in [5, 5.41) is 8.61. The van der Waals surface area contributed by atoms with Crippen molar-refractivity contribution in [1.82, 2.24) is 4.90 Å². The van der Waals surface area contributed by atoms with Crippen molar-refractivity contribution in [3.8, 4) is 11.8 Å². The van der Waals surface area contributed by atoms with Gasteiger partial charge in [0.2, 0.25) is 5.91 Å². The van der Waals surface area contributed by atoms with Crippen LogP contribution in [-0.2, 0) is 4.79 Å². The number of ether oxygens (including phenoxy) is 1. The maximum Gasteiger partial charge on any atom is 0.226 e. The van der Waals surface area contributed by atoms with E-state index in [1.807, 2.05) is 38.1 Å². The van der Waals surface area contributed by atoms with Gasteiger partial charge in [0.1, 0.15) is 5.75 Å². The smallest absolute Gasteiger partial charge is 0.226 e. The first-order chi connectivity index (χ1) is 9.04. The topological polar surface area (TPSA) is 53.3 Å². The summed E-state index contributed by atoms with van der Waals surface area (Å²) in [6, 6.07) is 9.74. The van der Waals surface area contributed by atoms with Crippen LogP contribution in [0.3, 0.4) is 0 Å². The molecule has 1 amide bonds. The van der Waals surface area contributed by atoms with Crippen LogP contribution < -0.4 is 4.74 Å². The Morgan fingerprint density at radius 3 is 2.89 bits per heavy atom. The summed E-state index contributed by atoms with van der Waals surface area (Å²) in [5.41, 5.74) is 1.13. The first-order valence-corrected chi connectivity index (χ1v) is 6.36. The van der Waals surface area contributed by atoms with Crippen LogP contribution in [0.2, 0.25) is 0 Å². The molecule has 1 unspecified atom stereocenters. The van der Waals surface area contributed by atoms with E-state index in [0.29, 0.717) is 19.4 Å². The van der Waals surface area contributed by atoms with Gasteiger partial charge in [-0.15, -0.1) is 0 Å². The molecule has 19 heavy (non-hydrogen) atoms. The molecular weight excluding hydrogens is 240 g/mol. The van der Waals surface area contributed by atoms with Gasteiger partial charge in [-0.25, -0.2) is 0 Å². The third kappa shape index (κ3) is 5.01.